The van der Waals surface area contributed by atoms with Crippen LogP contribution in [-0.2, 0) is 11.3 Å². The molecule has 3 aromatic rings. The third-order valence-corrected chi connectivity index (χ3v) is 5.96. The number of carbonyl (C=O) groups excluding carboxylic acids is 2. The zero-order valence-electron chi connectivity index (χ0n) is 17.2. The molecule has 0 spiro atoms. The van der Waals surface area contributed by atoms with Crippen molar-refractivity contribution >= 4 is 40.8 Å². The summed E-state index contributed by atoms with van der Waals surface area (Å²) >= 11 is 12.6. The first-order chi connectivity index (χ1) is 14.8. The predicted molar refractivity (Wildman–Crippen MR) is 119 cm³/mol. The van der Waals surface area contributed by atoms with Crippen LogP contribution in [0.15, 0.2) is 24.4 Å². The van der Waals surface area contributed by atoms with Gasteiger partial charge in [0.15, 0.2) is 0 Å². The van der Waals surface area contributed by atoms with Crippen molar-refractivity contribution in [2.45, 2.75) is 32.9 Å². The van der Waals surface area contributed by atoms with Crippen LogP contribution in [0.4, 0.5) is 0 Å². The van der Waals surface area contributed by atoms with Crippen molar-refractivity contribution in [1.82, 2.24) is 24.6 Å². The number of nitrogens with zero attached hydrogens (tertiary/aromatic N) is 4. The Morgan fingerprint density at radius 3 is 2.74 bits per heavy atom. The van der Waals surface area contributed by atoms with E-state index in [1.807, 2.05) is 13.0 Å². The van der Waals surface area contributed by atoms with Gasteiger partial charge in [-0.3, -0.25) is 14.0 Å². The average molecular weight is 461 g/mol. The zero-order valence-corrected chi connectivity index (χ0v) is 18.7. The molecule has 3 heterocycles. The number of carbonyl (C=O) groups is 2. The molecule has 2 aromatic heterocycles. The minimum absolute atomic E-state index is 0.0499. The number of aromatic nitrogens is 3. The standard InChI is InChI=1S/C21H22Cl2N6O2/c1-11-16(8-24)19(15-4-3-13(22)7-17(15)23)29-10-18(27-21(29)25-11)20(31)28-6-5-14(9-28)26-12(2)30/h3-4,7,10,14H,5-6,8-9,24H2,1-2H3,(H,26,30)/t14-/m1/s1. The molecule has 0 radical (unpaired) electrons. The number of imidazole rings is 1. The summed E-state index contributed by atoms with van der Waals surface area (Å²) in [6, 6.07) is 5.18. The third-order valence-electron chi connectivity index (χ3n) is 5.41. The van der Waals surface area contributed by atoms with Gasteiger partial charge in [-0.25, -0.2) is 9.97 Å². The maximum Gasteiger partial charge on any atom is 0.274 e. The molecular formula is C21H22Cl2N6O2. The number of hydrogen-bond acceptors (Lipinski definition) is 5. The summed E-state index contributed by atoms with van der Waals surface area (Å²) in [5.74, 6) is 0.0700. The van der Waals surface area contributed by atoms with Gasteiger partial charge in [-0.1, -0.05) is 23.2 Å². The van der Waals surface area contributed by atoms with E-state index in [2.05, 4.69) is 15.3 Å². The minimum Gasteiger partial charge on any atom is -0.352 e. The molecule has 0 aliphatic carbocycles. The fraction of sp³-hybridized carbons (Fsp3) is 0.333. The summed E-state index contributed by atoms with van der Waals surface area (Å²) in [6.07, 6.45) is 2.37. The molecule has 0 bridgehead atoms. The van der Waals surface area contributed by atoms with Gasteiger partial charge in [0.25, 0.3) is 5.91 Å². The van der Waals surface area contributed by atoms with E-state index >= 15 is 0 Å². The van der Waals surface area contributed by atoms with Gasteiger partial charge in [0.2, 0.25) is 11.7 Å². The summed E-state index contributed by atoms with van der Waals surface area (Å²) in [4.78, 5) is 35.1. The molecule has 1 saturated heterocycles. The van der Waals surface area contributed by atoms with Crippen LogP contribution in [0.25, 0.3) is 17.0 Å². The topological polar surface area (TPSA) is 106 Å². The minimum atomic E-state index is -0.210. The Kier molecular flexibility index (Phi) is 5.88. The van der Waals surface area contributed by atoms with Crippen molar-refractivity contribution < 1.29 is 9.59 Å². The van der Waals surface area contributed by atoms with E-state index in [0.717, 1.165) is 16.8 Å². The normalized spacial score (nSPS) is 16.2. The van der Waals surface area contributed by atoms with E-state index in [4.69, 9.17) is 28.9 Å². The molecule has 1 aliphatic heterocycles. The second kappa shape index (κ2) is 8.45. The summed E-state index contributed by atoms with van der Waals surface area (Å²) in [5.41, 5.74) is 9.28. The zero-order chi connectivity index (χ0) is 22.3. The molecule has 3 N–H and O–H groups in total. The van der Waals surface area contributed by atoms with Crippen molar-refractivity contribution in [2.75, 3.05) is 13.1 Å². The lowest BCUT2D eigenvalue weighted by atomic mass is 10.0. The largest absolute Gasteiger partial charge is 0.352 e. The van der Waals surface area contributed by atoms with Crippen LogP contribution < -0.4 is 11.1 Å². The molecule has 1 aromatic carbocycles. The maximum atomic E-state index is 13.1. The number of rotatable bonds is 4. The Labute approximate surface area is 189 Å². The van der Waals surface area contributed by atoms with Crippen LogP contribution >= 0.6 is 23.2 Å². The number of hydrogen-bond donors (Lipinski definition) is 2. The van der Waals surface area contributed by atoms with E-state index in [0.29, 0.717) is 41.0 Å². The maximum absolute atomic E-state index is 13.1. The third kappa shape index (κ3) is 4.11. The van der Waals surface area contributed by atoms with E-state index in [1.54, 1.807) is 27.6 Å². The van der Waals surface area contributed by atoms with Crippen LogP contribution in [0.3, 0.4) is 0 Å². The Morgan fingerprint density at radius 1 is 1.29 bits per heavy atom. The first-order valence-corrected chi connectivity index (χ1v) is 10.6. The van der Waals surface area contributed by atoms with Gasteiger partial charge < -0.3 is 16.0 Å². The molecule has 31 heavy (non-hydrogen) atoms. The molecule has 2 amide bonds. The fourth-order valence-corrected chi connectivity index (χ4v) is 4.48. The van der Waals surface area contributed by atoms with Crippen molar-refractivity contribution in [3.8, 4) is 11.3 Å². The Hall–Kier alpha value is -2.68. The van der Waals surface area contributed by atoms with E-state index in [1.165, 1.54) is 6.92 Å². The van der Waals surface area contributed by atoms with Gasteiger partial charge in [-0.2, -0.15) is 0 Å². The van der Waals surface area contributed by atoms with Crippen molar-refractivity contribution in [2.24, 2.45) is 5.73 Å². The molecule has 1 aliphatic rings. The van der Waals surface area contributed by atoms with Crippen LogP contribution in [0.2, 0.25) is 10.0 Å². The van der Waals surface area contributed by atoms with Crippen LogP contribution in [0.1, 0.15) is 35.1 Å². The number of benzene rings is 1. The second-order valence-electron chi connectivity index (χ2n) is 7.59. The van der Waals surface area contributed by atoms with Crippen LogP contribution in [0.5, 0.6) is 0 Å². The molecule has 8 nitrogen and oxygen atoms in total. The predicted octanol–water partition coefficient (Wildman–Crippen LogP) is 2.82. The molecular weight excluding hydrogens is 439 g/mol. The highest BCUT2D eigenvalue weighted by molar-refractivity contribution is 6.36. The highest BCUT2D eigenvalue weighted by Gasteiger charge is 2.29. The van der Waals surface area contributed by atoms with Crippen molar-refractivity contribution in [1.29, 1.82) is 0 Å². The lowest BCUT2D eigenvalue weighted by Gasteiger charge is -2.15. The summed E-state index contributed by atoms with van der Waals surface area (Å²) in [6.45, 7) is 4.56. The quantitative estimate of drug-likeness (QED) is 0.622. The molecule has 1 fully saturated rings. The Bertz CT molecular complexity index is 1190. The van der Waals surface area contributed by atoms with E-state index in [9.17, 15) is 9.59 Å². The highest BCUT2D eigenvalue weighted by atomic mass is 35.5. The number of nitrogens with one attached hydrogen (secondary N) is 1. The summed E-state index contributed by atoms with van der Waals surface area (Å²) in [5, 5.41) is 3.85. The monoisotopic (exact) mass is 460 g/mol. The first-order valence-electron chi connectivity index (χ1n) is 9.89. The van der Waals surface area contributed by atoms with Gasteiger partial charge >= 0.3 is 0 Å². The molecule has 162 valence electrons. The number of aryl methyl sites for hydroxylation is 1. The molecule has 1 atom stereocenters. The van der Waals surface area contributed by atoms with Crippen LogP contribution in [0, 0.1) is 6.92 Å². The van der Waals surface area contributed by atoms with Gasteiger partial charge in [0.1, 0.15) is 5.69 Å². The molecule has 0 saturated carbocycles. The first kappa shape index (κ1) is 21.5. The van der Waals surface area contributed by atoms with Gasteiger partial charge in [-0.15, -0.1) is 0 Å². The summed E-state index contributed by atoms with van der Waals surface area (Å²) in [7, 11) is 0. The average Bonchev–Trinajstić information content (AvgIpc) is 3.33. The lowest BCUT2D eigenvalue weighted by molar-refractivity contribution is -0.119. The van der Waals surface area contributed by atoms with Crippen molar-refractivity contribution in [3.05, 3.63) is 51.4 Å². The summed E-state index contributed by atoms with van der Waals surface area (Å²) < 4.78 is 1.75. The lowest BCUT2D eigenvalue weighted by Crippen LogP contribution is -2.37. The van der Waals surface area contributed by atoms with Gasteiger partial charge in [-0.05, 0) is 31.5 Å². The van der Waals surface area contributed by atoms with Gasteiger partial charge in [0.05, 0.1) is 10.7 Å². The van der Waals surface area contributed by atoms with Crippen LogP contribution in [-0.4, -0.2) is 50.2 Å². The number of fused-ring (bicyclic) bond motifs is 1. The number of amides is 2. The van der Waals surface area contributed by atoms with Crippen molar-refractivity contribution in [3.63, 3.8) is 0 Å². The van der Waals surface area contributed by atoms with E-state index in [-0.39, 0.29) is 30.1 Å². The molecule has 4 rings (SSSR count). The number of likely N-dealkylation sites (tertiary alicyclic amines) is 1. The molecule has 10 heteroatoms. The fourth-order valence-electron chi connectivity index (χ4n) is 3.98. The smallest absolute Gasteiger partial charge is 0.274 e. The molecule has 0 unspecified atom stereocenters. The SMILES string of the molecule is CC(=O)N[C@@H]1CCN(C(=O)c2cn3c(-c4ccc(Cl)cc4Cl)c(CN)c(C)nc3n2)C1. The van der Waals surface area contributed by atoms with Gasteiger partial charge in [0, 0.05) is 60.6 Å². The number of halogens is 2. The Morgan fingerprint density at radius 2 is 2.06 bits per heavy atom. The number of nitrogens with two attached hydrogens (primary N) is 1. The second-order valence-corrected chi connectivity index (χ2v) is 8.43. The highest BCUT2D eigenvalue weighted by Crippen LogP contribution is 2.34. The van der Waals surface area contributed by atoms with E-state index < -0.39 is 0 Å². The Balaban J connectivity index is 1.77.